The molecule has 0 fully saturated rings. The first-order valence-corrected chi connectivity index (χ1v) is 9.71. The maximum absolute atomic E-state index is 12.9. The maximum Gasteiger partial charge on any atom is 0.262 e. The normalized spacial score (nSPS) is 14.4. The van der Waals surface area contributed by atoms with Crippen LogP contribution in [0.1, 0.15) is 34.8 Å². The van der Waals surface area contributed by atoms with Crippen LogP contribution in [0.4, 0.5) is 5.69 Å². The van der Waals surface area contributed by atoms with E-state index in [1.54, 1.807) is 12.1 Å². The van der Waals surface area contributed by atoms with Crippen LogP contribution < -0.4 is 15.5 Å². The van der Waals surface area contributed by atoms with Gasteiger partial charge < -0.3 is 5.32 Å². The Morgan fingerprint density at radius 1 is 1.24 bits per heavy atom. The lowest BCUT2D eigenvalue weighted by molar-refractivity contribution is 0.0956. The molecule has 0 atom stereocenters. The van der Waals surface area contributed by atoms with Crippen molar-refractivity contribution in [1.29, 1.82) is 0 Å². The van der Waals surface area contributed by atoms with E-state index in [0.29, 0.717) is 36.2 Å². The molecule has 2 aromatic rings. The van der Waals surface area contributed by atoms with E-state index >= 15 is 0 Å². The zero-order valence-corrected chi connectivity index (χ0v) is 14.8. The van der Waals surface area contributed by atoms with Gasteiger partial charge in [-0.15, -0.1) is 0 Å². The second kappa shape index (κ2) is 6.92. The first-order chi connectivity index (χ1) is 11.9. The van der Waals surface area contributed by atoms with Gasteiger partial charge in [0.05, 0.1) is 4.90 Å². The molecular weight excluding hydrogens is 335 g/mol. The number of anilines is 1. The number of sulfonamides is 1. The second-order valence-electron chi connectivity index (χ2n) is 6.06. The van der Waals surface area contributed by atoms with E-state index in [4.69, 9.17) is 7.85 Å². The zero-order valence-electron chi connectivity index (χ0n) is 14.0. The highest BCUT2D eigenvalue weighted by Gasteiger charge is 2.25. The van der Waals surface area contributed by atoms with Gasteiger partial charge in [-0.1, -0.05) is 30.6 Å². The SMILES string of the molecule is [B]c1cc2c(c(S(=O)(=O)Nc3cccc(CC)c3)c1)CCCNC2=O. The fraction of sp³-hybridized carbons (Fsp3) is 0.278. The van der Waals surface area contributed by atoms with Crippen molar-refractivity contribution in [2.24, 2.45) is 0 Å². The van der Waals surface area contributed by atoms with Crippen molar-refractivity contribution in [2.45, 2.75) is 31.1 Å². The quantitative estimate of drug-likeness (QED) is 0.818. The third-order valence-electron chi connectivity index (χ3n) is 4.24. The van der Waals surface area contributed by atoms with E-state index in [1.807, 2.05) is 19.1 Å². The number of hydrogen-bond donors (Lipinski definition) is 2. The van der Waals surface area contributed by atoms with Crippen molar-refractivity contribution in [3.8, 4) is 0 Å². The van der Waals surface area contributed by atoms with E-state index in [2.05, 4.69) is 10.0 Å². The van der Waals surface area contributed by atoms with Gasteiger partial charge in [-0.25, -0.2) is 8.42 Å². The van der Waals surface area contributed by atoms with Crippen molar-refractivity contribution in [3.05, 3.63) is 53.1 Å². The Kier molecular flexibility index (Phi) is 4.86. The molecule has 0 aliphatic carbocycles. The molecule has 0 spiro atoms. The lowest BCUT2D eigenvalue weighted by atomic mass is 9.91. The van der Waals surface area contributed by atoms with Crippen LogP contribution in [0.15, 0.2) is 41.3 Å². The lowest BCUT2D eigenvalue weighted by Gasteiger charge is -2.15. The van der Waals surface area contributed by atoms with Gasteiger partial charge in [0, 0.05) is 17.8 Å². The minimum Gasteiger partial charge on any atom is -0.352 e. The summed E-state index contributed by atoms with van der Waals surface area (Å²) >= 11 is 0. The smallest absolute Gasteiger partial charge is 0.262 e. The molecule has 25 heavy (non-hydrogen) atoms. The summed E-state index contributed by atoms with van der Waals surface area (Å²) in [5, 5.41) is 2.76. The third-order valence-corrected chi connectivity index (χ3v) is 5.69. The van der Waals surface area contributed by atoms with Gasteiger partial charge >= 0.3 is 0 Å². The number of hydrogen-bond acceptors (Lipinski definition) is 3. The van der Waals surface area contributed by atoms with E-state index in [0.717, 1.165) is 12.0 Å². The third kappa shape index (κ3) is 3.71. The van der Waals surface area contributed by atoms with Crippen LogP contribution in [0.25, 0.3) is 0 Å². The molecule has 3 rings (SSSR count). The minimum absolute atomic E-state index is 0.0708. The van der Waals surface area contributed by atoms with Gasteiger partial charge in [0.1, 0.15) is 7.85 Å². The van der Waals surface area contributed by atoms with Gasteiger partial charge in [-0.3, -0.25) is 9.52 Å². The predicted molar refractivity (Wildman–Crippen MR) is 99.1 cm³/mol. The highest BCUT2D eigenvalue weighted by atomic mass is 32.2. The molecule has 1 aliphatic rings. The first kappa shape index (κ1) is 17.5. The summed E-state index contributed by atoms with van der Waals surface area (Å²) in [4.78, 5) is 12.3. The molecule has 1 amide bonds. The van der Waals surface area contributed by atoms with Crippen molar-refractivity contribution >= 4 is 34.9 Å². The van der Waals surface area contributed by atoms with Gasteiger partial charge in [0.15, 0.2) is 0 Å². The van der Waals surface area contributed by atoms with Gasteiger partial charge in [-0.2, -0.15) is 0 Å². The van der Waals surface area contributed by atoms with Crippen LogP contribution in [-0.4, -0.2) is 28.7 Å². The summed E-state index contributed by atoms with van der Waals surface area (Å²) in [5.41, 5.74) is 2.63. The molecule has 2 radical (unpaired) electrons. The van der Waals surface area contributed by atoms with E-state index < -0.39 is 10.0 Å². The number of benzene rings is 2. The number of carbonyl (C=O) groups excluding carboxylic acids is 1. The molecule has 1 heterocycles. The minimum atomic E-state index is -3.85. The van der Waals surface area contributed by atoms with Gasteiger partial charge in [0.2, 0.25) is 0 Å². The summed E-state index contributed by atoms with van der Waals surface area (Å²) in [6.07, 6.45) is 1.99. The molecule has 2 aromatic carbocycles. The Morgan fingerprint density at radius 2 is 2.04 bits per heavy atom. The Hall–Kier alpha value is -2.28. The highest BCUT2D eigenvalue weighted by molar-refractivity contribution is 7.92. The summed E-state index contributed by atoms with van der Waals surface area (Å²) in [5.74, 6) is -0.288. The molecule has 0 unspecified atom stereocenters. The van der Waals surface area contributed by atoms with E-state index in [-0.39, 0.29) is 16.3 Å². The Balaban J connectivity index is 2.06. The largest absolute Gasteiger partial charge is 0.352 e. The van der Waals surface area contributed by atoms with Crippen LogP contribution in [0.2, 0.25) is 0 Å². The summed E-state index contributed by atoms with van der Waals surface area (Å²) < 4.78 is 28.5. The average molecular weight is 354 g/mol. The monoisotopic (exact) mass is 354 g/mol. The predicted octanol–water partition coefficient (Wildman–Crippen LogP) is 1.52. The molecule has 5 nitrogen and oxygen atoms in total. The molecule has 0 saturated carbocycles. The number of fused-ring (bicyclic) bond motifs is 1. The Labute approximate surface area is 149 Å². The standard InChI is InChI=1S/C18H19BN2O3S/c1-2-12-5-3-6-14(9-12)21-25(23,24)17-11-13(19)10-16-15(17)7-4-8-20-18(16)22/h3,5-6,9-11,21H,2,4,7-8H2,1H3,(H,20,22). The molecule has 0 bridgehead atoms. The molecule has 0 saturated heterocycles. The molecule has 128 valence electrons. The molecule has 0 aromatic heterocycles. The number of rotatable bonds is 4. The number of carbonyl (C=O) groups is 1. The fourth-order valence-electron chi connectivity index (χ4n) is 2.99. The van der Waals surface area contributed by atoms with Crippen molar-refractivity contribution in [1.82, 2.24) is 5.32 Å². The van der Waals surface area contributed by atoms with Crippen LogP contribution in [0, 0.1) is 0 Å². The molecule has 1 aliphatic heterocycles. The Bertz CT molecular complexity index is 926. The van der Waals surface area contributed by atoms with Crippen molar-refractivity contribution in [3.63, 3.8) is 0 Å². The van der Waals surface area contributed by atoms with Gasteiger partial charge in [0.25, 0.3) is 15.9 Å². The Morgan fingerprint density at radius 3 is 2.80 bits per heavy atom. The van der Waals surface area contributed by atoms with Crippen LogP contribution in [0.5, 0.6) is 0 Å². The summed E-state index contributed by atoms with van der Waals surface area (Å²) in [7, 11) is 2.01. The fourth-order valence-corrected chi connectivity index (χ4v) is 4.37. The van der Waals surface area contributed by atoms with Crippen LogP contribution in [-0.2, 0) is 22.9 Å². The zero-order chi connectivity index (χ0) is 18.0. The molecule has 7 heteroatoms. The van der Waals surface area contributed by atoms with E-state index in [1.165, 1.54) is 12.1 Å². The molecular formula is C18H19BN2O3S. The highest BCUT2D eigenvalue weighted by Crippen LogP contribution is 2.25. The van der Waals surface area contributed by atoms with Crippen molar-refractivity contribution in [2.75, 3.05) is 11.3 Å². The topological polar surface area (TPSA) is 75.3 Å². The number of aryl methyl sites for hydroxylation is 1. The molecule has 2 N–H and O–H groups in total. The lowest BCUT2D eigenvalue weighted by Crippen LogP contribution is -2.25. The summed E-state index contributed by atoms with van der Waals surface area (Å²) in [6.45, 7) is 2.52. The average Bonchev–Trinajstić information content (AvgIpc) is 2.76. The maximum atomic E-state index is 12.9. The summed E-state index contributed by atoms with van der Waals surface area (Å²) in [6, 6.07) is 10.2. The van der Waals surface area contributed by atoms with Crippen LogP contribution in [0.3, 0.4) is 0 Å². The van der Waals surface area contributed by atoms with Gasteiger partial charge in [-0.05, 0) is 48.6 Å². The van der Waals surface area contributed by atoms with Crippen molar-refractivity contribution < 1.29 is 13.2 Å². The number of amides is 1. The number of nitrogens with one attached hydrogen (secondary N) is 2. The van der Waals surface area contributed by atoms with E-state index in [9.17, 15) is 13.2 Å². The van der Waals surface area contributed by atoms with Crippen LogP contribution >= 0.6 is 0 Å². The first-order valence-electron chi connectivity index (χ1n) is 8.23. The second-order valence-corrected chi connectivity index (χ2v) is 7.71.